The van der Waals surface area contributed by atoms with Crippen molar-refractivity contribution in [1.29, 1.82) is 0 Å². The van der Waals surface area contributed by atoms with Crippen LogP contribution in [0.15, 0.2) is 175 Å². The van der Waals surface area contributed by atoms with Crippen molar-refractivity contribution in [3.05, 3.63) is 232 Å². The largest absolute Gasteiger partial charge is 0.497 e. The maximum atomic E-state index is 15.4. The van der Waals surface area contributed by atoms with E-state index in [0.29, 0.717) is 60.2 Å². The van der Waals surface area contributed by atoms with Gasteiger partial charge in [0.05, 0.1) is 48.2 Å². The number of fused-ring (bicyclic) bond motifs is 2. The Kier molecular flexibility index (Phi) is 18.0. The summed E-state index contributed by atoms with van der Waals surface area (Å²) in [5.74, 6) is -6.17. The van der Waals surface area contributed by atoms with Gasteiger partial charge in [-0.2, -0.15) is 0 Å². The predicted octanol–water partition coefficient (Wildman–Crippen LogP) is 10.8. The molecule has 0 saturated carbocycles. The molecule has 10 rings (SSSR count). The van der Waals surface area contributed by atoms with Gasteiger partial charge >= 0.3 is 7.12 Å². The molecule has 0 radical (unpaired) electrons. The van der Waals surface area contributed by atoms with Gasteiger partial charge in [0.15, 0.2) is 11.6 Å². The normalized spacial score (nSPS) is 11.2. The molecule has 0 bridgehead atoms. The summed E-state index contributed by atoms with van der Waals surface area (Å²) in [5, 5.41) is 18.1. The van der Waals surface area contributed by atoms with E-state index in [0.717, 1.165) is 29.8 Å². The summed E-state index contributed by atoms with van der Waals surface area (Å²) < 4.78 is 125. The number of carbonyl (C=O) groups excluding carboxylic acids is 2. The lowest BCUT2D eigenvalue weighted by atomic mass is 9.80. The van der Waals surface area contributed by atoms with Gasteiger partial charge in [-0.05, 0) is 98.7 Å². The van der Waals surface area contributed by atoms with Crippen molar-refractivity contribution in [1.82, 2.24) is 19.9 Å². The molecule has 0 spiro atoms. The van der Waals surface area contributed by atoms with Crippen molar-refractivity contribution in [2.24, 2.45) is 0 Å². The zero-order valence-corrected chi connectivity index (χ0v) is 45.1. The Morgan fingerprint density at radius 2 is 1.01 bits per heavy atom. The van der Waals surface area contributed by atoms with E-state index >= 15 is 8.78 Å². The van der Waals surface area contributed by atoms with Crippen LogP contribution in [0.4, 0.5) is 28.9 Å². The molecule has 0 aliphatic heterocycles. The van der Waals surface area contributed by atoms with E-state index in [1.54, 1.807) is 130 Å². The molecule has 6 aromatic carbocycles. The van der Waals surface area contributed by atoms with E-state index in [2.05, 4.69) is 45.3 Å². The second-order valence-electron chi connectivity index (χ2n) is 17.4. The Morgan fingerprint density at radius 3 is 1.45 bits per heavy atom. The number of methoxy groups -OCH3 is 2. The van der Waals surface area contributed by atoms with Crippen LogP contribution in [0.1, 0.15) is 48.7 Å². The first-order valence-corrected chi connectivity index (χ1v) is 27.7. The zero-order chi connectivity index (χ0) is 57.3. The van der Waals surface area contributed by atoms with Crippen LogP contribution >= 0.6 is 15.9 Å². The van der Waals surface area contributed by atoms with Gasteiger partial charge in [-0.1, -0.05) is 84.9 Å². The number of nitrogens with one attached hydrogen (secondary N) is 4. The summed E-state index contributed by atoms with van der Waals surface area (Å²) in [4.78, 5) is 40.4. The lowest BCUT2D eigenvalue weighted by Crippen LogP contribution is -2.29. The predicted molar refractivity (Wildman–Crippen MR) is 308 cm³/mol. The molecule has 0 aliphatic rings. The quantitative estimate of drug-likeness (QED) is 0.0301. The van der Waals surface area contributed by atoms with Crippen LogP contribution < -0.4 is 24.4 Å². The van der Waals surface area contributed by atoms with E-state index in [-0.39, 0.29) is 16.8 Å². The number of rotatable bonds is 16. The lowest BCUT2D eigenvalue weighted by molar-refractivity contribution is 0.102. The molecule has 0 saturated heterocycles. The number of nitrogens with zero attached hydrogens (tertiary/aromatic N) is 2. The molecule has 0 amide bonds. The zero-order valence-electron chi connectivity index (χ0n) is 41.9. The molecule has 0 aliphatic carbocycles. The van der Waals surface area contributed by atoms with Crippen LogP contribution in [0.3, 0.4) is 0 Å². The van der Waals surface area contributed by atoms with Crippen molar-refractivity contribution >= 4 is 93.6 Å². The fourth-order valence-corrected chi connectivity index (χ4v) is 10.7. The van der Waals surface area contributed by atoms with Gasteiger partial charge in [0.1, 0.15) is 34.4 Å². The van der Waals surface area contributed by atoms with Gasteiger partial charge in [0, 0.05) is 62.4 Å². The number of hydrogen-bond donors (Lipinski definition) is 6. The minimum Gasteiger partial charge on any atom is -0.497 e. The summed E-state index contributed by atoms with van der Waals surface area (Å²) in [5.41, 5.74) is 0.858. The number of carbonyl (C=O) groups is 2. The number of aromatic amines is 2. The Morgan fingerprint density at radius 1 is 0.588 bits per heavy atom. The van der Waals surface area contributed by atoms with Crippen molar-refractivity contribution in [2.45, 2.75) is 11.5 Å². The summed E-state index contributed by atoms with van der Waals surface area (Å²) >= 11 is 3.24. The molecule has 10 aromatic rings. The van der Waals surface area contributed by atoms with Crippen LogP contribution in [0, 0.1) is 23.3 Å². The van der Waals surface area contributed by atoms with E-state index in [4.69, 9.17) is 19.5 Å². The summed E-state index contributed by atoms with van der Waals surface area (Å²) in [6, 6.07) is 37.2. The van der Waals surface area contributed by atoms with Gasteiger partial charge in [0.25, 0.3) is 0 Å². The molecule has 416 valence electrons. The third kappa shape index (κ3) is 13.8. The van der Waals surface area contributed by atoms with Gasteiger partial charge in [-0.3, -0.25) is 19.0 Å². The highest BCUT2D eigenvalue weighted by molar-refractivity contribution is 9.10. The number of ether oxygens (including phenoxy) is 2. The fourth-order valence-electron chi connectivity index (χ4n) is 8.02. The third-order valence-corrected chi connectivity index (χ3v) is 14.8. The molecule has 4 heterocycles. The second-order valence-corrected chi connectivity index (χ2v) is 21.7. The molecule has 0 atom stereocenters. The monoisotopic (exact) mass is 1200 g/mol. The van der Waals surface area contributed by atoms with E-state index in [9.17, 15) is 35.2 Å². The van der Waals surface area contributed by atoms with Crippen LogP contribution in [0.25, 0.3) is 33.2 Å². The van der Waals surface area contributed by atoms with Crippen molar-refractivity contribution in [2.75, 3.05) is 23.7 Å². The maximum Gasteiger partial charge on any atom is 0.488 e. The Bertz CT molecular complexity index is 4130. The third-order valence-electron chi connectivity index (χ3n) is 11.9. The molecular formula is C56H52BBrF4N6O10S2. The molecule has 80 heavy (non-hydrogen) atoms. The van der Waals surface area contributed by atoms with Crippen LogP contribution in [-0.2, 0) is 31.6 Å². The van der Waals surface area contributed by atoms with Crippen molar-refractivity contribution < 1.29 is 69.2 Å². The highest BCUT2D eigenvalue weighted by atomic mass is 79.9. The fraction of sp³-hybridized carbons (Fsp3) is 0.0714. The van der Waals surface area contributed by atoms with Crippen LogP contribution in [0.2, 0.25) is 0 Å². The van der Waals surface area contributed by atoms with Gasteiger partial charge in [-0.25, -0.2) is 44.4 Å². The molecular weight excluding hydrogens is 1150 g/mol. The highest BCUT2D eigenvalue weighted by Gasteiger charge is 2.28. The lowest BCUT2D eigenvalue weighted by Gasteiger charge is -2.12. The number of H-pyrrole nitrogens is 2. The molecule has 24 heteroatoms. The average Bonchev–Trinajstić information content (AvgIpc) is 3.80. The molecule has 16 nitrogen and oxygen atoms in total. The molecule has 6 N–H and O–H groups in total. The SMILES string of the molecule is COc1ccc(-c2cnc3[nH]cc(C(=O)c4c(F)ccc(NS(=O)(=O)Cc5ccccc5)c4F)c3c2)cc1.COc1ccc(B(O)O)cc1.O=C(c1c(F)ccc(NS(=O)(=O)Cc2ccccc2)c1F)c1c[nH]c2ncc(Br)cc12.[HH].[HH].[HH].[HH]. The summed E-state index contributed by atoms with van der Waals surface area (Å²) in [7, 11) is -6.33. The molecule has 4 aromatic heterocycles. The smallest absolute Gasteiger partial charge is 0.488 e. The molecule has 0 fully saturated rings. The van der Waals surface area contributed by atoms with Crippen molar-refractivity contribution in [3.63, 3.8) is 0 Å². The van der Waals surface area contributed by atoms with Gasteiger partial charge in [0.2, 0.25) is 31.6 Å². The van der Waals surface area contributed by atoms with E-state index in [1.165, 1.54) is 18.6 Å². The Hall–Kier alpha value is -8.68. The first-order chi connectivity index (χ1) is 38.2. The minimum atomic E-state index is -4.04. The highest BCUT2D eigenvalue weighted by Crippen LogP contribution is 2.32. The van der Waals surface area contributed by atoms with Crippen molar-refractivity contribution in [3.8, 4) is 22.6 Å². The number of sulfonamides is 2. The number of ketones is 2. The second kappa shape index (κ2) is 25.0. The van der Waals surface area contributed by atoms with E-state index < -0.39 is 96.0 Å². The number of hydrogen-bond acceptors (Lipinski definition) is 12. The van der Waals surface area contributed by atoms with E-state index in [1.807, 2.05) is 12.1 Å². The van der Waals surface area contributed by atoms with Gasteiger partial charge in [-0.15, -0.1) is 0 Å². The maximum absolute atomic E-state index is 15.4. The number of anilines is 2. The number of halogens is 5. The Labute approximate surface area is 469 Å². The minimum absolute atomic E-state index is 0. The average molecular weight is 1200 g/mol. The summed E-state index contributed by atoms with van der Waals surface area (Å²) in [6.45, 7) is 0. The standard InChI is InChI=1S/C28H21F2N3O4S.C21H14BrF2N3O3S.C7H9BO3.4H2/c1-37-20-9-7-18(8-10-20)19-13-21-22(15-32-28(21)31-14-19)27(34)25-23(29)11-12-24(26(25)30)33-38(35,36)16-17-5-3-2-4-6-17;22-13-8-14-15(10-26-21(14)25-9-13)20(28)18-16(23)6-7-17(19(18)24)27-31(29,30)11-12-4-2-1-3-5-12;1-11-7-4-2-6(3-5-7)8(9)10;;;;/h2-15,33H,16H2,1H3,(H,31,32);1-10,27H,11H2,(H,25,26);2-5,9-10H,1H3;4*1H. The van der Waals surface area contributed by atoms with Crippen LogP contribution in [0.5, 0.6) is 11.5 Å². The first-order valence-electron chi connectivity index (χ1n) is 23.6. The van der Waals surface area contributed by atoms with Gasteiger partial charge < -0.3 is 29.5 Å². The summed E-state index contributed by atoms with van der Waals surface area (Å²) in [6.07, 6.45) is 5.75. The topological polar surface area (TPSA) is 243 Å². The molecule has 0 unspecified atom stereocenters. The first kappa shape index (κ1) is 57.5. The van der Waals surface area contributed by atoms with Crippen LogP contribution in [-0.4, -0.2) is 79.7 Å². The number of aromatic nitrogens is 4. The number of pyridine rings is 2. The Balaban J connectivity index is 0.000000297. The number of benzene rings is 6.